The zero-order valence-electron chi connectivity index (χ0n) is 18.8. The lowest BCUT2D eigenvalue weighted by molar-refractivity contribution is -0.134. The molecule has 1 unspecified atom stereocenters. The summed E-state index contributed by atoms with van der Waals surface area (Å²) in [4.78, 5) is 29.7. The molecule has 2 amide bonds. The number of nitrogens with zero attached hydrogens (tertiary/aromatic N) is 2. The number of amides is 2. The molecule has 1 aliphatic rings. The van der Waals surface area contributed by atoms with E-state index in [0.29, 0.717) is 26.1 Å². The Morgan fingerprint density at radius 2 is 1.81 bits per heavy atom. The minimum atomic E-state index is -0.272. The van der Waals surface area contributed by atoms with E-state index in [0.717, 1.165) is 35.4 Å². The molecule has 1 heterocycles. The number of carbonyl (C=O) groups is 2. The average molecular weight is 424 g/mol. The molecule has 31 heavy (non-hydrogen) atoms. The van der Waals surface area contributed by atoms with Crippen molar-refractivity contribution < 1.29 is 14.3 Å². The average Bonchev–Trinajstić information content (AvgIpc) is 2.94. The number of hydrogen-bond donors (Lipinski definition) is 1. The predicted octanol–water partition coefficient (Wildman–Crippen LogP) is 2.82. The molecular weight excluding hydrogens is 390 g/mol. The van der Waals surface area contributed by atoms with Gasteiger partial charge in [0.05, 0.1) is 19.6 Å². The summed E-state index contributed by atoms with van der Waals surface area (Å²) < 4.78 is 5.58. The van der Waals surface area contributed by atoms with E-state index in [1.807, 2.05) is 46.2 Å². The molecule has 6 nitrogen and oxygen atoms in total. The summed E-state index contributed by atoms with van der Waals surface area (Å²) in [6.07, 6.45) is 1.48. The molecule has 2 aromatic rings. The van der Waals surface area contributed by atoms with Gasteiger partial charge in [-0.2, -0.15) is 0 Å². The fourth-order valence-electron chi connectivity index (χ4n) is 4.27. The Bertz CT molecular complexity index is 899. The fourth-order valence-corrected chi connectivity index (χ4v) is 4.27. The standard InChI is InChI=1S/C25H33N3O3/c1-4-13-27-14-15-28(24(29)17-26-2)18-20(25(27)30)16-19-9-5-6-10-21(19)22-11-7-8-12-23(22)31-3/h5-12,20,26H,4,13-18H2,1-3H3. The first-order valence-electron chi connectivity index (χ1n) is 11.0. The molecule has 0 bridgehead atoms. The predicted molar refractivity (Wildman–Crippen MR) is 123 cm³/mol. The van der Waals surface area contributed by atoms with Crippen LogP contribution in [0.15, 0.2) is 48.5 Å². The molecule has 3 rings (SSSR count). The van der Waals surface area contributed by atoms with E-state index in [2.05, 4.69) is 24.4 Å². The Kier molecular flexibility index (Phi) is 8.06. The summed E-state index contributed by atoms with van der Waals surface area (Å²) in [6, 6.07) is 16.1. The number of para-hydroxylation sites is 1. The van der Waals surface area contributed by atoms with Crippen molar-refractivity contribution in [3.63, 3.8) is 0 Å². The van der Waals surface area contributed by atoms with E-state index in [1.165, 1.54) is 0 Å². The van der Waals surface area contributed by atoms with E-state index in [9.17, 15) is 9.59 Å². The van der Waals surface area contributed by atoms with Crippen LogP contribution in [0.1, 0.15) is 18.9 Å². The molecule has 1 atom stereocenters. The Balaban J connectivity index is 1.93. The summed E-state index contributed by atoms with van der Waals surface area (Å²) in [7, 11) is 3.44. The van der Waals surface area contributed by atoms with Crippen molar-refractivity contribution in [2.75, 3.05) is 46.9 Å². The number of carbonyl (C=O) groups excluding carboxylic acids is 2. The van der Waals surface area contributed by atoms with Crippen LogP contribution in [0.25, 0.3) is 11.1 Å². The molecule has 0 saturated carbocycles. The molecule has 0 spiro atoms. The molecule has 166 valence electrons. The molecule has 1 fully saturated rings. The zero-order valence-corrected chi connectivity index (χ0v) is 18.8. The highest BCUT2D eigenvalue weighted by Crippen LogP contribution is 2.33. The lowest BCUT2D eigenvalue weighted by Crippen LogP contribution is -2.41. The smallest absolute Gasteiger partial charge is 0.236 e. The van der Waals surface area contributed by atoms with Crippen LogP contribution in [-0.4, -0.2) is 68.5 Å². The summed E-state index contributed by atoms with van der Waals surface area (Å²) in [6.45, 7) is 4.70. The van der Waals surface area contributed by atoms with E-state index in [1.54, 1.807) is 14.2 Å². The van der Waals surface area contributed by atoms with Gasteiger partial charge < -0.3 is 19.9 Å². The molecule has 1 aliphatic heterocycles. The van der Waals surface area contributed by atoms with Crippen LogP contribution < -0.4 is 10.1 Å². The number of methoxy groups -OCH3 is 1. The quantitative estimate of drug-likeness (QED) is 0.709. The SMILES string of the molecule is CCCN1CCN(C(=O)CNC)CC(Cc2ccccc2-c2ccccc2OC)C1=O. The van der Waals surface area contributed by atoms with Gasteiger partial charge in [0.25, 0.3) is 0 Å². The Morgan fingerprint density at radius 3 is 2.52 bits per heavy atom. The first-order valence-corrected chi connectivity index (χ1v) is 11.0. The highest BCUT2D eigenvalue weighted by atomic mass is 16.5. The Labute approximate surface area is 185 Å². The molecular formula is C25H33N3O3. The van der Waals surface area contributed by atoms with Crippen molar-refractivity contribution in [2.45, 2.75) is 19.8 Å². The van der Waals surface area contributed by atoms with Crippen LogP contribution in [0.4, 0.5) is 0 Å². The van der Waals surface area contributed by atoms with Crippen LogP contribution in [0, 0.1) is 5.92 Å². The van der Waals surface area contributed by atoms with E-state index in [4.69, 9.17) is 4.74 Å². The lowest BCUT2D eigenvalue weighted by atomic mass is 9.91. The molecule has 1 N–H and O–H groups in total. The fraction of sp³-hybridized carbons (Fsp3) is 0.440. The van der Waals surface area contributed by atoms with Gasteiger partial charge in [-0.15, -0.1) is 0 Å². The third-order valence-corrected chi connectivity index (χ3v) is 5.80. The number of rotatable bonds is 8. The van der Waals surface area contributed by atoms with Gasteiger partial charge in [-0.1, -0.05) is 49.4 Å². The Morgan fingerprint density at radius 1 is 1.10 bits per heavy atom. The van der Waals surface area contributed by atoms with Crippen LogP contribution in [0.3, 0.4) is 0 Å². The van der Waals surface area contributed by atoms with E-state index in [-0.39, 0.29) is 24.3 Å². The zero-order chi connectivity index (χ0) is 22.2. The van der Waals surface area contributed by atoms with Crippen LogP contribution in [0.2, 0.25) is 0 Å². The van der Waals surface area contributed by atoms with Crippen molar-refractivity contribution >= 4 is 11.8 Å². The topological polar surface area (TPSA) is 61.9 Å². The maximum Gasteiger partial charge on any atom is 0.236 e. The second-order valence-corrected chi connectivity index (χ2v) is 7.95. The van der Waals surface area contributed by atoms with Crippen molar-refractivity contribution in [1.82, 2.24) is 15.1 Å². The molecule has 2 aromatic carbocycles. The van der Waals surface area contributed by atoms with E-state index < -0.39 is 0 Å². The van der Waals surface area contributed by atoms with Gasteiger partial charge in [0.2, 0.25) is 11.8 Å². The highest BCUT2D eigenvalue weighted by Gasteiger charge is 2.32. The largest absolute Gasteiger partial charge is 0.496 e. The van der Waals surface area contributed by atoms with Crippen LogP contribution >= 0.6 is 0 Å². The minimum absolute atomic E-state index is 0.0386. The normalized spacial score (nSPS) is 16.9. The van der Waals surface area contributed by atoms with Crippen molar-refractivity contribution in [3.8, 4) is 16.9 Å². The van der Waals surface area contributed by atoms with Gasteiger partial charge in [-0.25, -0.2) is 0 Å². The lowest BCUT2D eigenvalue weighted by Gasteiger charge is -2.25. The van der Waals surface area contributed by atoms with Gasteiger partial charge in [-0.3, -0.25) is 9.59 Å². The van der Waals surface area contributed by atoms with Gasteiger partial charge in [0.1, 0.15) is 5.75 Å². The number of likely N-dealkylation sites (N-methyl/N-ethyl adjacent to an activating group) is 1. The van der Waals surface area contributed by atoms with Gasteiger partial charge >= 0.3 is 0 Å². The number of hydrogen-bond acceptors (Lipinski definition) is 4. The van der Waals surface area contributed by atoms with Crippen molar-refractivity contribution in [3.05, 3.63) is 54.1 Å². The maximum absolute atomic E-state index is 13.4. The van der Waals surface area contributed by atoms with Gasteiger partial charge in [-0.05, 0) is 37.1 Å². The molecule has 6 heteroatoms. The summed E-state index contributed by atoms with van der Waals surface area (Å²) in [5.41, 5.74) is 3.16. The maximum atomic E-state index is 13.4. The number of benzene rings is 2. The van der Waals surface area contributed by atoms with Crippen LogP contribution in [-0.2, 0) is 16.0 Å². The molecule has 0 radical (unpaired) electrons. The monoisotopic (exact) mass is 423 g/mol. The summed E-state index contributed by atoms with van der Waals surface area (Å²) in [5.74, 6) is 0.708. The third kappa shape index (κ3) is 5.44. The minimum Gasteiger partial charge on any atom is -0.496 e. The summed E-state index contributed by atoms with van der Waals surface area (Å²) in [5, 5.41) is 2.94. The first kappa shape index (κ1) is 22.8. The number of nitrogens with one attached hydrogen (secondary N) is 1. The second-order valence-electron chi connectivity index (χ2n) is 7.95. The number of ether oxygens (including phenoxy) is 1. The molecule has 1 saturated heterocycles. The third-order valence-electron chi connectivity index (χ3n) is 5.80. The molecule has 0 aliphatic carbocycles. The highest BCUT2D eigenvalue weighted by molar-refractivity contribution is 5.83. The van der Waals surface area contributed by atoms with Crippen molar-refractivity contribution in [2.24, 2.45) is 5.92 Å². The summed E-state index contributed by atoms with van der Waals surface area (Å²) >= 11 is 0. The van der Waals surface area contributed by atoms with Gasteiger partial charge in [0.15, 0.2) is 0 Å². The van der Waals surface area contributed by atoms with Crippen molar-refractivity contribution in [1.29, 1.82) is 0 Å². The molecule has 0 aromatic heterocycles. The first-order chi connectivity index (χ1) is 15.1. The van der Waals surface area contributed by atoms with Crippen LogP contribution in [0.5, 0.6) is 5.75 Å². The second kappa shape index (κ2) is 11.0. The van der Waals surface area contributed by atoms with Gasteiger partial charge in [0, 0.05) is 31.7 Å². The Hall–Kier alpha value is -2.86. The van der Waals surface area contributed by atoms with E-state index >= 15 is 0 Å².